The fraction of sp³-hybridized carbons (Fsp3) is 0.0769. The van der Waals surface area contributed by atoms with Crippen LogP contribution in [0, 0.1) is 5.82 Å². The lowest BCUT2D eigenvalue weighted by Gasteiger charge is -2.19. The van der Waals surface area contributed by atoms with E-state index in [0.717, 1.165) is 4.47 Å². The first-order valence-corrected chi connectivity index (χ1v) is 7.36. The lowest BCUT2D eigenvalue weighted by atomic mass is 9.99. The minimum atomic E-state index is -0.525. The number of nitrogens with one attached hydrogen (secondary N) is 1. The lowest BCUT2D eigenvalue weighted by molar-refractivity contribution is 0.556. The average Bonchev–Trinajstić information content (AvgIpc) is 2.39. The standard InChI is InChI=1S/C13H10Br2ClFN2/c14-7-4-5-11(16)9(6-7)13(19-18)8-2-1-3-10(15)12(8)17/h1-6,13,19H,18H2. The summed E-state index contributed by atoms with van der Waals surface area (Å²) in [6.07, 6.45) is 0. The van der Waals surface area contributed by atoms with Gasteiger partial charge in [0.05, 0.1) is 10.5 Å². The Morgan fingerprint density at radius 3 is 2.58 bits per heavy atom. The molecule has 1 atom stereocenters. The SMILES string of the molecule is NNC(c1cc(Br)ccc1Cl)c1cccc(Br)c1F. The molecule has 1 unspecified atom stereocenters. The number of rotatable bonds is 3. The molecule has 3 N–H and O–H groups in total. The molecule has 0 amide bonds. The van der Waals surface area contributed by atoms with E-state index in [1.165, 1.54) is 0 Å². The third-order valence-corrected chi connectivity index (χ3v) is 4.18. The highest BCUT2D eigenvalue weighted by Gasteiger charge is 2.20. The van der Waals surface area contributed by atoms with Gasteiger partial charge < -0.3 is 0 Å². The smallest absolute Gasteiger partial charge is 0.142 e. The summed E-state index contributed by atoms with van der Waals surface area (Å²) < 4.78 is 15.4. The van der Waals surface area contributed by atoms with E-state index in [1.807, 2.05) is 12.1 Å². The van der Waals surface area contributed by atoms with Crippen LogP contribution in [-0.2, 0) is 0 Å². The molecule has 2 aromatic rings. The first kappa shape index (κ1) is 14.9. The van der Waals surface area contributed by atoms with Gasteiger partial charge in [-0.2, -0.15) is 0 Å². The molecule has 0 radical (unpaired) electrons. The molecule has 2 nitrogen and oxygen atoms in total. The van der Waals surface area contributed by atoms with E-state index in [-0.39, 0.29) is 5.82 Å². The second-order valence-electron chi connectivity index (χ2n) is 3.91. The van der Waals surface area contributed by atoms with Gasteiger partial charge in [0.1, 0.15) is 5.82 Å². The van der Waals surface area contributed by atoms with Gasteiger partial charge >= 0.3 is 0 Å². The number of nitrogens with two attached hydrogens (primary N) is 1. The molecule has 0 aromatic heterocycles. The van der Waals surface area contributed by atoms with Crippen LogP contribution in [0.4, 0.5) is 4.39 Å². The third-order valence-electron chi connectivity index (χ3n) is 2.73. The van der Waals surface area contributed by atoms with Crippen molar-refractivity contribution in [1.82, 2.24) is 5.43 Å². The number of benzene rings is 2. The maximum Gasteiger partial charge on any atom is 0.142 e. The Bertz CT molecular complexity index is 605. The number of hydrazine groups is 1. The van der Waals surface area contributed by atoms with Crippen LogP contribution < -0.4 is 11.3 Å². The van der Waals surface area contributed by atoms with Crippen molar-refractivity contribution in [2.75, 3.05) is 0 Å². The average molecular weight is 408 g/mol. The zero-order valence-electron chi connectivity index (χ0n) is 9.63. The summed E-state index contributed by atoms with van der Waals surface area (Å²) in [5.41, 5.74) is 3.74. The fourth-order valence-electron chi connectivity index (χ4n) is 1.83. The topological polar surface area (TPSA) is 38.0 Å². The van der Waals surface area contributed by atoms with Crippen LogP contribution in [-0.4, -0.2) is 0 Å². The summed E-state index contributed by atoms with van der Waals surface area (Å²) in [5, 5.41) is 0.519. The van der Waals surface area contributed by atoms with Crippen molar-refractivity contribution < 1.29 is 4.39 Å². The van der Waals surface area contributed by atoms with Crippen molar-refractivity contribution in [3.05, 3.63) is 67.3 Å². The summed E-state index contributed by atoms with van der Waals surface area (Å²) in [7, 11) is 0. The summed E-state index contributed by atoms with van der Waals surface area (Å²) in [5.74, 6) is 5.21. The zero-order valence-corrected chi connectivity index (χ0v) is 13.6. The minimum Gasteiger partial charge on any atom is -0.271 e. The maximum absolute atomic E-state index is 14.2. The maximum atomic E-state index is 14.2. The molecule has 0 bridgehead atoms. The monoisotopic (exact) mass is 406 g/mol. The molecular formula is C13H10Br2ClFN2. The van der Waals surface area contributed by atoms with Crippen molar-refractivity contribution in [3.8, 4) is 0 Å². The normalized spacial score (nSPS) is 12.5. The summed E-state index contributed by atoms with van der Waals surface area (Å²) in [4.78, 5) is 0. The number of halogens is 4. The van der Waals surface area contributed by atoms with E-state index >= 15 is 0 Å². The molecule has 2 rings (SSSR count). The van der Waals surface area contributed by atoms with E-state index in [1.54, 1.807) is 24.3 Å². The zero-order chi connectivity index (χ0) is 14.0. The van der Waals surface area contributed by atoms with Crippen LogP contribution in [0.15, 0.2) is 45.3 Å². The van der Waals surface area contributed by atoms with E-state index < -0.39 is 6.04 Å². The highest BCUT2D eigenvalue weighted by atomic mass is 79.9. The molecule has 0 aliphatic carbocycles. The summed E-state index contributed by atoms with van der Waals surface area (Å²) in [6, 6.07) is 9.89. The molecule has 0 aliphatic rings. The molecule has 6 heteroatoms. The van der Waals surface area contributed by atoms with Gasteiger partial charge in [-0.25, -0.2) is 9.82 Å². The summed E-state index contributed by atoms with van der Waals surface area (Å²) in [6.45, 7) is 0. The second kappa shape index (κ2) is 6.33. The van der Waals surface area contributed by atoms with Crippen LogP contribution in [0.3, 0.4) is 0 Å². The van der Waals surface area contributed by atoms with Gasteiger partial charge in [0, 0.05) is 15.1 Å². The Kier molecular flexibility index (Phi) is 4.97. The molecule has 0 heterocycles. The van der Waals surface area contributed by atoms with E-state index in [4.69, 9.17) is 17.4 Å². The largest absolute Gasteiger partial charge is 0.271 e. The molecule has 0 fully saturated rings. The number of hydrogen-bond acceptors (Lipinski definition) is 2. The molecule has 100 valence electrons. The highest BCUT2D eigenvalue weighted by Crippen LogP contribution is 2.33. The van der Waals surface area contributed by atoms with Crippen molar-refractivity contribution in [3.63, 3.8) is 0 Å². The van der Waals surface area contributed by atoms with Crippen molar-refractivity contribution in [2.45, 2.75) is 6.04 Å². The van der Waals surface area contributed by atoms with E-state index in [9.17, 15) is 4.39 Å². The molecule has 0 saturated carbocycles. The third kappa shape index (κ3) is 3.17. The first-order valence-electron chi connectivity index (χ1n) is 5.39. The fourth-order valence-corrected chi connectivity index (χ4v) is 2.81. The van der Waals surface area contributed by atoms with Gasteiger partial charge in [-0.3, -0.25) is 5.84 Å². The quantitative estimate of drug-likeness (QED) is 0.577. The van der Waals surface area contributed by atoms with E-state index in [0.29, 0.717) is 20.6 Å². The molecule has 2 aromatic carbocycles. The van der Waals surface area contributed by atoms with Gasteiger partial charge in [-0.1, -0.05) is 39.7 Å². The van der Waals surface area contributed by atoms with Crippen LogP contribution in [0.5, 0.6) is 0 Å². The van der Waals surface area contributed by atoms with Gasteiger partial charge in [-0.05, 0) is 45.8 Å². The number of hydrogen-bond donors (Lipinski definition) is 2. The van der Waals surface area contributed by atoms with Crippen molar-refractivity contribution in [2.24, 2.45) is 5.84 Å². The summed E-state index contributed by atoms with van der Waals surface area (Å²) >= 11 is 12.7. The van der Waals surface area contributed by atoms with Gasteiger partial charge in [0.2, 0.25) is 0 Å². The Morgan fingerprint density at radius 1 is 1.16 bits per heavy atom. The predicted molar refractivity (Wildman–Crippen MR) is 82.4 cm³/mol. The van der Waals surface area contributed by atoms with Crippen LogP contribution in [0.25, 0.3) is 0 Å². The highest BCUT2D eigenvalue weighted by molar-refractivity contribution is 9.10. The van der Waals surface area contributed by atoms with Gasteiger partial charge in [0.25, 0.3) is 0 Å². The Labute approximate surface area is 132 Å². The first-order chi connectivity index (χ1) is 9.04. The molecule has 0 aliphatic heterocycles. The van der Waals surface area contributed by atoms with Crippen molar-refractivity contribution >= 4 is 43.5 Å². The van der Waals surface area contributed by atoms with Gasteiger partial charge in [0.15, 0.2) is 0 Å². The minimum absolute atomic E-state index is 0.360. The molecule has 0 saturated heterocycles. The second-order valence-corrected chi connectivity index (χ2v) is 6.09. The van der Waals surface area contributed by atoms with Crippen LogP contribution >= 0.6 is 43.5 Å². The Hall–Kier alpha value is -0.460. The van der Waals surface area contributed by atoms with Crippen LogP contribution in [0.1, 0.15) is 17.2 Å². The molecule has 0 spiro atoms. The van der Waals surface area contributed by atoms with Crippen molar-refractivity contribution in [1.29, 1.82) is 0 Å². The van der Waals surface area contributed by atoms with Gasteiger partial charge in [-0.15, -0.1) is 0 Å². The molecular weight excluding hydrogens is 398 g/mol. The van der Waals surface area contributed by atoms with Crippen LogP contribution in [0.2, 0.25) is 5.02 Å². The Morgan fingerprint density at radius 2 is 1.89 bits per heavy atom. The predicted octanol–water partition coefficient (Wildman–Crippen LogP) is 4.56. The Balaban J connectivity index is 2.56. The van der Waals surface area contributed by atoms with E-state index in [2.05, 4.69) is 37.3 Å². The molecule has 19 heavy (non-hydrogen) atoms. The lowest BCUT2D eigenvalue weighted by Crippen LogP contribution is -2.29.